The smallest absolute Gasteiger partial charge is 0.0462 e. The third-order valence-corrected chi connectivity index (χ3v) is 10.3. The Bertz CT molecular complexity index is 2420. The van der Waals surface area contributed by atoms with E-state index in [1.165, 1.54) is 65.0 Å². The summed E-state index contributed by atoms with van der Waals surface area (Å²) in [5, 5.41) is 8.61. The maximum Gasteiger partial charge on any atom is 0.0462 e. The van der Waals surface area contributed by atoms with Gasteiger partial charge in [0, 0.05) is 32.7 Å². The molecule has 0 amide bonds. The van der Waals surface area contributed by atoms with Gasteiger partial charge in [-0.2, -0.15) is 0 Å². The van der Waals surface area contributed by atoms with Gasteiger partial charge in [0.05, 0.1) is 0 Å². The minimum absolute atomic E-state index is 1.12. The van der Waals surface area contributed by atoms with Crippen molar-refractivity contribution >= 4 is 60.0 Å². The zero-order chi connectivity index (χ0) is 31.9. The average molecular weight is 630 g/mol. The van der Waals surface area contributed by atoms with Crippen LogP contribution in [0.25, 0.3) is 65.0 Å². The summed E-state index contributed by atoms with van der Waals surface area (Å²) >= 11 is 1.80. The fraction of sp³-hybridized carbons (Fsp3) is 0. The van der Waals surface area contributed by atoms with Crippen LogP contribution in [0.2, 0.25) is 0 Å². The van der Waals surface area contributed by atoms with Crippen LogP contribution in [0.3, 0.4) is 0 Å². The van der Waals surface area contributed by atoms with Crippen molar-refractivity contribution in [1.29, 1.82) is 0 Å². The molecular weight excluding hydrogens is 599 g/mol. The Morgan fingerprint density at radius 2 is 0.750 bits per heavy atom. The van der Waals surface area contributed by atoms with Gasteiger partial charge in [-0.25, -0.2) is 0 Å². The summed E-state index contributed by atoms with van der Waals surface area (Å²) in [6.45, 7) is 0. The first-order chi connectivity index (χ1) is 23.8. The molecule has 0 unspecified atom stereocenters. The molecule has 0 aliphatic heterocycles. The average Bonchev–Trinajstić information content (AvgIpc) is 3.60. The van der Waals surface area contributed by atoms with Crippen molar-refractivity contribution in [3.8, 4) is 33.4 Å². The predicted octanol–water partition coefficient (Wildman–Crippen LogP) is 13.7. The highest BCUT2D eigenvalue weighted by molar-refractivity contribution is 7.17. The largest absolute Gasteiger partial charge is 0.311 e. The van der Waals surface area contributed by atoms with Crippen LogP contribution in [0.1, 0.15) is 0 Å². The maximum absolute atomic E-state index is 2.35. The highest BCUT2D eigenvalue weighted by Crippen LogP contribution is 2.40. The summed E-state index contributed by atoms with van der Waals surface area (Å²) < 4.78 is 1.32. The van der Waals surface area contributed by atoms with Crippen LogP contribution in [-0.2, 0) is 0 Å². The summed E-state index contributed by atoms with van der Waals surface area (Å²) in [5.41, 5.74) is 10.7. The van der Waals surface area contributed by atoms with Crippen molar-refractivity contribution in [2.24, 2.45) is 0 Å². The van der Waals surface area contributed by atoms with Crippen LogP contribution in [0, 0.1) is 0 Å². The van der Waals surface area contributed by atoms with Crippen molar-refractivity contribution in [2.75, 3.05) is 4.90 Å². The first-order valence-electron chi connectivity index (χ1n) is 16.3. The molecule has 0 spiro atoms. The Morgan fingerprint density at radius 1 is 0.333 bits per heavy atom. The third-order valence-electron chi connectivity index (χ3n) is 9.33. The Labute approximate surface area is 284 Å². The second-order valence-electron chi connectivity index (χ2n) is 12.2. The van der Waals surface area contributed by atoms with E-state index < -0.39 is 0 Å². The van der Waals surface area contributed by atoms with Gasteiger partial charge in [-0.15, -0.1) is 11.3 Å². The predicted molar refractivity (Wildman–Crippen MR) is 208 cm³/mol. The standard InChI is InChI=1S/C46H31NS/c1-3-9-37-29-39(15-13-32(37)7-1)34-17-23-41(24-18-34)47(43-27-21-36(22-28-43)45-31-48-46-12-6-5-11-44(45)46)42-25-19-35(20-26-42)40-16-14-33-8-2-4-10-38(33)30-40/h1-31H. The molecule has 0 saturated carbocycles. The molecule has 0 aliphatic carbocycles. The van der Waals surface area contributed by atoms with Crippen LogP contribution < -0.4 is 4.90 Å². The van der Waals surface area contributed by atoms with Crippen molar-refractivity contribution in [3.05, 3.63) is 187 Å². The second kappa shape index (κ2) is 12.0. The van der Waals surface area contributed by atoms with Crippen molar-refractivity contribution < 1.29 is 0 Å². The molecule has 0 bridgehead atoms. The number of hydrogen-bond donors (Lipinski definition) is 0. The monoisotopic (exact) mass is 629 g/mol. The van der Waals surface area contributed by atoms with E-state index in [-0.39, 0.29) is 0 Å². The molecule has 0 fully saturated rings. The molecule has 1 nitrogen and oxygen atoms in total. The number of fused-ring (bicyclic) bond motifs is 3. The first-order valence-corrected chi connectivity index (χ1v) is 17.2. The molecule has 0 radical (unpaired) electrons. The van der Waals surface area contributed by atoms with E-state index in [4.69, 9.17) is 0 Å². The molecule has 2 heteroatoms. The molecule has 1 heterocycles. The summed E-state index contributed by atoms with van der Waals surface area (Å²) in [6, 6.07) is 66.0. The lowest BCUT2D eigenvalue weighted by atomic mass is 10.00. The number of benzene rings is 8. The molecule has 9 rings (SSSR count). The van der Waals surface area contributed by atoms with E-state index in [9.17, 15) is 0 Å². The molecule has 48 heavy (non-hydrogen) atoms. The Balaban J connectivity index is 1.09. The summed E-state index contributed by atoms with van der Waals surface area (Å²) in [7, 11) is 0. The van der Waals surface area contributed by atoms with Crippen LogP contribution in [-0.4, -0.2) is 0 Å². The molecule has 0 N–H and O–H groups in total. The second-order valence-corrected chi connectivity index (χ2v) is 13.2. The van der Waals surface area contributed by atoms with Gasteiger partial charge in [0.25, 0.3) is 0 Å². The highest BCUT2D eigenvalue weighted by Gasteiger charge is 2.15. The minimum atomic E-state index is 1.12. The van der Waals surface area contributed by atoms with Crippen molar-refractivity contribution in [3.63, 3.8) is 0 Å². The van der Waals surface area contributed by atoms with E-state index in [0.29, 0.717) is 0 Å². The summed E-state index contributed by atoms with van der Waals surface area (Å²) in [4.78, 5) is 2.35. The number of thiophene rings is 1. The fourth-order valence-corrected chi connectivity index (χ4v) is 7.75. The normalized spacial score (nSPS) is 11.3. The van der Waals surface area contributed by atoms with Crippen LogP contribution >= 0.6 is 11.3 Å². The van der Waals surface area contributed by atoms with Crippen molar-refractivity contribution in [1.82, 2.24) is 0 Å². The zero-order valence-corrected chi connectivity index (χ0v) is 27.1. The lowest BCUT2D eigenvalue weighted by Gasteiger charge is -2.26. The molecule has 0 aliphatic rings. The lowest BCUT2D eigenvalue weighted by Crippen LogP contribution is -2.09. The summed E-state index contributed by atoms with van der Waals surface area (Å²) in [6.07, 6.45) is 0. The van der Waals surface area contributed by atoms with E-state index >= 15 is 0 Å². The minimum Gasteiger partial charge on any atom is -0.311 e. The van der Waals surface area contributed by atoms with Crippen LogP contribution in [0.15, 0.2) is 187 Å². The van der Waals surface area contributed by atoms with Gasteiger partial charge >= 0.3 is 0 Å². The Kier molecular flexibility index (Phi) is 7.07. The number of nitrogens with zero attached hydrogens (tertiary/aromatic N) is 1. The third kappa shape index (κ3) is 5.23. The van der Waals surface area contributed by atoms with E-state index in [0.717, 1.165) is 17.1 Å². The van der Waals surface area contributed by atoms with E-state index in [2.05, 4.69) is 192 Å². The molecule has 0 saturated heterocycles. The molecule has 9 aromatic rings. The van der Waals surface area contributed by atoms with Gasteiger partial charge in [0.15, 0.2) is 0 Å². The van der Waals surface area contributed by atoms with E-state index in [1.807, 2.05) is 0 Å². The van der Waals surface area contributed by atoms with Gasteiger partial charge in [-0.3, -0.25) is 0 Å². The Morgan fingerprint density at radius 3 is 1.27 bits per heavy atom. The Hall–Kier alpha value is -5.96. The molecule has 226 valence electrons. The number of rotatable bonds is 6. The molecular formula is C46H31NS. The molecule has 0 atom stereocenters. The van der Waals surface area contributed by atoms with Crippen LogP contribution in [0.5, 0.6) is 0 Å². The van der Waals surface area contributed by atoms with Gasteiger partial charge in [-0.05, 0) is 109 Å². The summed E-state index contributed by atoms with van der Waals surface area (Å²) in [5.74, 6) is 0. The number of hydrogen-bond acceptors (Lipinski definition) is 2. The number of anilines is 3. The maximum atomic E-state index is 2.35. The van der Waals surface area contributed by atoms with Gasteiger partial charge < -0.3 is 4.90 Å². The van der Waals surface area contributed by atoms with Gasteiger partial charge in [-0.1, -0.05) is 127 Å². The lowest BCUT2D eigenvalue weighted by molar-refractivity contribution is 1.28. The highest BCUT2D eigenvalue weighted by atomic mass is 32.1. The van der Waals surface area contributed by atoms with Gasteiger partial charge in [0.1, 0.15) is 0 Å². The van der Waals surface area contributed by atoms with Crippen LogP contribution in [0.4, 0.5) is 17.1 Å². The molecule has 1 aromatic heterocycles. The molecule has 8 aromatic carbocycles. The first kappa shape index (κ1) is 28.3. The van der Waals surface area contributed by atoms with Crippen molar-refractivity contribution in [2.45, 2.75) is 0 Å². The van der Waals surface area contributed by atoms with E-state index in [1.54, 1.807) is 11.3 Å². The quantitative estimate of drug-likeness (QED) is 0.177. The fourth-order valence-electron chi connectivity index (χ4n) is 6.78. The van der Waals surface area contributed by atoms with Gasteiger partial charge in [0.2, 0.25) is 0 Å². The SMILES string of the molecule is c1ccc2cc(-c3ccc(N(c4ccc(-c5ccc6ccccc6c5)cc4)c4ccc(-c5csc6ccccc56)cc4)cc3)ccc2c1. The zero-order valence-electron chi connectivity index (χ0n) is 26.3. The topological polar surface area (TPSA) is 3.24 Å².